The quantitative estimate of drug-likeness (QED) is 0.632. The van der Waals surface area contributed by atoms with Crippen molar-refractivity contribution in [2.75, 3.05) is 16.5 Å². The molecule has 1 saturated heterocycles. The first kappa shape index (κ1) is 23.8. The van der Waals surface area contributed by atoms with E-state index in [-0.39, 0.29) is 22.1 Å². The molecule has 1 fully saturated rings. The second kappa shape index (κ2) is 8.23. The van der Waals surface area contributed by atoms with E-state index in [0.717, 1.165) is 5.01 Å². The summed E-state index contributed by atoms with van der Waals surface area (Å²) < 4.78 is 27.2. The first-order chi connectivity index (χ1) is 14.9. The second-order valence-electron chi connectivity index (χ2n) is 8.81. The number of carboxylic acid groups (broad SMARTS) is 1. The molecule has 1 aromatic heterocycles. The van der Waals surface area contributed by atoms with Crippen molar-refractivity contribution in [2.24, 2.45) is 5.41 Å². The van der Waals surface area contributed by atoms with Gasteiger partial charge in [-0.1, -0.05) is 13.8 Å². The van der Waals surface area contributed by atoms with Crippen LogP contribution in [-0.4, -0.2) is 48.0 Å². The Labute approximate surface area is 188 Å². The van der Waals surface area contributed by atoms with Crippen LogP contribution in [0.1, 0.15) is 52.9 Å². The number of sulfone groups is 1. The Morgan fingerprint density at radius 2 is 1.78 bits per heavy atom. The fourth-order valence-electron chi connectivity index (χ4n) is 3.96. The van der Waals surface area contributed by atoms with E-state index in [1.165, 1.54) is 16.9 Å². The van der Waals surface area contributed by atoms with Crippen LogP contribution in [0.15, 0.2) is 34.1 Å². The molecule has 0 radical (unpaired) electrons. The van der Waals surface area contributed by atoms with Crippen LogP contribution < -0.4 is 9.91 Å². The van der Waals surface area contributed by atoms with Crippen LogP contribution in [0, 0.1) is 5.41 Å². The number of hydrogen-bond acceptors (Lipinski definition) is 5. The third-order valence-corrected chi connectivity index (χ3v) is 7.55. The van der Waals surface area contributed by atoms with E-state index in [4.69, 9.17) is 0 Å². The molecule has 0 bridgehead atoms. The summed E-state index contributed by atoms with van der Waals surface area (Å²) in [5.74, 6) is -0.00151. The molecule has 0 unspecified atom stereocenters. The molecule has 1 N–H and O–H groups in total. The average molecular weight is 463 g/mol. The minimum absolute atomic E-state index is 0.00151. The molecule has 32 heavy (non-hydrogen) atoms. The lowest BCUT2D eigenvalue weighted by atomic mass is 9.83. The maximum absolute atomic E-state index is 13.6. The highest BCUT2D eigenvalue weighted by molar-refractivity contribution is 7.91. The third kappa shape index (κ3) is 3.76. The fourth-order valence-corrected chi connectivity index (χ4v) is 5.72. The Kier molecular flexibility index (Phi) is 6.12. The molecule has 0 saturated carbocycles. The molecule has 0 spiro atoms. The fraction of sp³-hybridized carbons (Fsp3) is 0.500. The zero-order chi connectivity index (χ0) is 24.0. The largest absolute Gasteiger partial charge is 0.464 e. The van der Waals surface area contributed by atoms with Gasteiger partial charge in [-0.15, -0.1) is 0 Å². The zero-order valence-corrected chi connectivity index (χ0v) is 20.1. The van der Waals surface area contributed by atoms with Gasteiger partial charge in [-0.25, -0.2) is 13.2 Å². The van der Waals surface area contributed by atoms with Crippen LogP contribution in [0.4, 0.5) is 10.5 Å². The number of β-lactam (4-membered cyclic amide) rings is 1. The number of amides is 2. The summed E-state index contributed by atoms with van der Waals surface area (Å²) in [5.41, 5.74) is 0.879. The van der Waals surface area contributed by atoms with Crippen LogP contribution in [0.2, 0.25) is 0 Å². The summed E-state index contributed by atoms with van der Waals surface area (Å²) in [4.78, 5) is 27.0. The summed E-state index contributed by atoms with van der Waals surface area (Å²) in [6.45, 7) is 11.3. The van der Waals surface area contributed by atoms with Crippen molar-refractivity contribution in [3.05, 3.63) is 35.7 Å². The van der Waals surface area contributed by atoms with Crippen LogP contribution in [0.5, 0.6) is 0 Å². The number of hydrogen-bond donors (Lipinski definition) is 1. The van der Waals surface area contributed by atoms with E-state index in [9.17, 15) is 23.1 Å². The van der Waals surface area contributed by atoms with Crippen molar-refractivity contribution in [2.45, 2.75) is 70.2 Å². The monoisotopic (exact) mass is 462 g/mol. The first-order valence-corrected chi connectivity index (χ1v) is 12.2. The Morgan fingerprint density at radius 3 is 2.19 bits per heavy atom. The number of anilines is 1. The van der Waals surface area contributed by atoms with Gasteiger partial charge in [0.25, 0.3) is 0 Å². The molecule has 2 aromatic rings. The molecule has 0 aliphatic carbocycles. The summed E-state index contributed by atoms with van der Waals surface area (Å²) in [6.07, 6.45) is -0.599. The molecule has 1 aromatic carbocycles. The topological polar surface area (TPSA) is 113 Å². The molecule has 174 valence electrons. The highest BCUT2D eigenvalue weighted by atomic mass is 32.2. The van der Waals surface area contributed by atoms with Crippen molar-refractivity contribution >= 4 is 27.5 Å². The lowest BCUT2D eigenvalue weighted by molar-refractivity contribution is -0.132. The smallest absolute Gasteiger partial charge is 0.428 e. The number of carbonyl (C=O) groups excluding carboxylic acids is 1. The molecular weight excluding hydrogens is 432 g/mol. The summed E-state index contributed by atoms with van der Waals surface area (Å²) in [7, 11) is -3.96. The second-order valence-corrected chi connectivity index (χ2v) is 10.7. The van der Waals surface area contributed by atoms with Crippen molar-refractivity contribution in [3.63, 3.8) is 0 Å². The maximum atomic E-state index is 13.6. The molecular formula is C22H30N4O5S. The number of rotatable bonds is 7. The van der Waals surface area contributed by atoms with Gasteiger partial charge >= 0.3 is 6.09 Å². The summed E-state index contributed by atoms with van der Waals surface area (Å²) >= 11 is 0. The van der Waals surface area contributed by atoms with E-state index in [2.05, 4.69) is 5.10 Å². The van der Waals surface area contributed by atoms with Gasteiger partial charge in [0.15, 0.2) is 0 Å². The van der Waals surface area contributed by atoms with Gasteiger partial charge in [-0.05, 0) is 64.8 Å². The van der Waals surface area contributed by atoms with Crippen molar-refractivity contribution in [1.82, 2.24) is 9.89 Å². The van der Waals surface area contributed by atoms with Gasteiger partial charge in [0.1, 0.15) is 4.90 Å². The molecule has 1 aliphatic rings. The normalized spacial score (nSPS) is 15.7. The van der Waals surface area contributed by atoms with Crippen LogP contribution in [-0.2, 0) is 27.5 Å². The highest BCUT2D eigenvalue weighted by Crippen LogP contribution is 2.36. The predicted octanol–water partition coefficient (Wildman–Crippen LogP) is 3.24. The van der Waals surface area contributed by atoms with Crippen LogP contribution >= 0.6 is 0 Å². The standard InChI is InChI=1S/C22H30N4O5S/c1-7-17-19(18(8-2)26(23-17)25(14(3)4)21(28)29)32(30,31)16-11-9-15(10-12-16)24-13-22(5,6)20(24)27/h9-12,14H,7-8,13H2,1-6H3,(H,28,29). The molecule has 2 amide bonds. The van der Waals surface area contributed by atoms with Gasteiger partial charge in [0.05, 0.1) is 27.7 Å². The SMILES string of the molecule is CCc1nn(N(C(=O)O)C(C)C)c(CC)c1S(=O)(=O)c1ccc(N2CC(C)(C)C2=O)cc1. The number of carbonyl (C=O) groups is 2. The van der Waals surface area contributed by atoms with Gasteiger partial charge in [0, 0.05) is 12.2 Å². The third-order valence-electron chi connectivity index (χ3n) is 5.64. The highest BCUT2D eigenvalue weighted by Gasteiger charge is 2.45. The number of benzene rings is 1. The van der Waals surface area contributed by atoms with Gasteiger partial charge < -0.3 is 10.0 Å². The van der Waals surface area contributed by atoms with Gasteiger partial charge in [-0.2, -0.15) is 14.9 Å². The van der Waals surface area contributed by atoms with E-state index < -0.39 is 27.4 Å². The number of aromatic nitrogens is 2. The Bertz CT molecular complexity index is 1150. The van der Waals surface area contributed by atoms with E-state index in [1.54, 1.807) is 44.7 Å². The minimum atomic E-state index is -3.96. The lowest BCUT2D eigenvalue weighted by Gasteiger charge is -2.44. The minimum Gasteiger partial charge on any atom is -0.464 e. The summed E-state index contributed by atoms with van der Waals surface area (Å²) in [5, 5.41) is 15.0. The van der Waals surface area contributed by atoms with Crippen molar-refractivity contribution in [1.29, 1.82) is 0 Å². The van der Waals surface area contributed by atoms with Gasteiger partial charge in [-0.3, -0.25) is 4.79 Å². The molecule has 10 heteroatoms. The lowest BCUT2D eigenvalue weighted by Crippen LogP contribution is -2.58. The molecule has 3 rings (SSSR count). The van der Waals surface area contributed by atoms with E-state index in [1.807, 2.05) is 13.8 Å². The Morgan fingerprint density at radius 1 is 1.19 bits per heavy atom. The molecule has 9 nitrogen and oxygen atoms in total. The molecule has 0 atom stereocenters. The van der Waals surface area contributed by atoms with Gasteiger partial charge in [0.2, 0.25) is 15.7 Å². The molecule has 1 aliphatic heterocycles. The Balaban J connectivity index is 2.07. The van der Waals surface area contributed by atoms with Crippen molar-refractivity contribution in [3.8, 4) is 0 Å². The Hall–Kier alpha value is -2.88. The van der Waals surface area contributed by atoms with Crippen molar-refractivity contribution < 1.29 is 23.1 Å². The average Bonchev–Trinajstić information content (AvgIpc) is 3.10. The predicted molar refractivity (Wildman–Crippen MR) is 120 cm³/mol. The number of nitrogens with zero attached hydrogens (tertiary/aromatic N) is 4. The van der Waals surface area contributed by atoms with Crippen LogP contribution in [0.3, 0.4) is 0 Å². The maximum Gasteiger partial charge on any atom is 0.428 e. The van der Waals surface area contributed by atoms with E-state index >= 15 is 0 Å². The van der Waals surface area contributed by atoms with E-state index in [0.29, 0.717) is 30.0 Å². The zero-order valence-electron chi connectivity index (χ0n) is 19.3. The first-order valence-electron chi connectivity index (χ1n) is 10.7. The van der Waals surface area contributed by atoms with Crippen LogP contribution in [0.25, 0.3) is 0 Å². The molecule has 2 heterocycles. The summed E-state index contributed by atoms with van der Waals surface area (Å²) in [6, 6.07) is 5.78. The number of aryl methyl sites for hydroxylation is 1.